The van der Waals surface area contributed by atoms with Crippen LogP contribution in [0.3, 0.4) is 0 Å². The van der Waals surface area contributed by atoms with Crippen LogP contribution < -0.4 is 18.9 Å². The molecule has 0 bridgehead atoms. The number of anilines is 1. The van der Waals surface area contributed by atoms with Gasteiger partial charge in [-0.3, -0.25) is 14.7 Å². The number of aryl methyl sites for hydroxylation is 1. The summed E-state index contributed by atoms with van der Waals surface area (Å²) in [5.41, 5.74) is 3.23. The molecule has 14 heteroatoms. The van der Waals surface area contributed by atoms with Crippen LogP contribution in [0.15, 0.2) is 41.8 Å². The van der Waals surface area contributed by atoms with E-state index in [4.69, 9.17) is 14.2 Å². The number of nitrogens with one attached hydrogen (secondary N) is 2. The first-order valence-electron chi connectivity index (χ1n) is 9.89. The lowest BCUT2D eigenvalue weighted by atomic mass is 10.0. The topological polar surface area (TPSA) is 156 Å². The molecule has 1 aromatic carbocycles. The molecule has 3 heterocycles. The van der Waals surface area contributed by atoms with E-state index in [0.717, 1.165) is 16.6 Å². The number of hydrogen-bond donors (Lipinski definition) is 2. The van der Waals surface area contributed by atoms with E-state index in [1.165, 1.54) is 14.2 Å². The number of H-pyrrole nitrogens is 1. The van der Waals surface area contributed by atoms with Crippen molar-refractivity contribution in [3.8, 4) is 28.8 Å². The van der Waals surface area contributed by atoms with Gasteiger partial charge in [-0.2, -0.15) is 9.97 Å². The smallest absolute Gasteiger partial charge is 0.272 e. The molecule has 1 atom stereocenters. The lowest BCUT2D eigenvalue weighted by Gasteiger charge is -2.14. The Morgan fingerprint density at radius 2 is 1.89 bits per heavy atom. The average Bonchev–Trinajstić information content (AvgIpc) is 3.27. The highest BCUT2D eigenvalue weighted by Crippen LogP contribution is 2.36. The summed E-state index contributed by atoms with van der Waals surface area (Å²) in [6, 6.07) is 3.75. The van der Waals surface area contributed by atoms with Crippen LogP contribution in [-0.2, 0) is 11.0 Å². The van der Waals surface area contributed by atoms with Gasteiger partial charge in [0.15, 0.2) is 11.0 Å². The first-order valence-corrected chi connectivity index (χ1v) is 11.0. The average molecular weight is 513 g/mol. The van der Waals surface area contributed by atoms with Crippen molar-refractivity contribution >= 4 is 27.8 Å². The summed E-state index contributed by atoms with van der Waals surface area (Å²) in [7, 11) is 0.769. The Balaban J connectivity index is 0.00000228. The number of alkyl halides is 2. The van der Waals surface area contributed by atoms with Crippen molar-refractivity contribution in [3.05, 3.63) is 42.5 Å². The van der Waals surface area contributed by atoms with Gasteiger partial charge >= 0.3 is 0 Å². The van der Waals surface area contributed by atoms with E-state index < -0.39 is 24.0 Å². The molecule has 0 amide bonds. The Morgan fingerprint density at radius 3 is 2.49 bits per heavy atom. The van der Waals surface area contributed by atoms with Crippen molar-refractivity contribution in [1.29, 1.82) is 0 Å². The summed E-state index contributed by atoms with van der Waals surface area (Å²) in [6.07, 6.45) is 3.74. The molecule has 11 nitrogen and oxygen atoms in total. The van der Waals surface area contributed by atoms with Gasteiger partial charge in [0.25, 0.3) is 18.2 Å². The number of benzene rings is 1. The first kappa shape index (κ1) is 25.7. The van der Waals surface area contributed by atoms with Crippen LogP contribution in [0.25, 0.3) is 22.2 Å². The Bertz CT molecular complexity index is 1330. The van der Waals surface area contributed by atoms with E-state index in [1.807, 2.05) is 19.1 Å². The van der Waals surface area contributed by atoms with Gasteiger partial charge in [0.2, 0.25) is 11.7 Å². The van der Waals surface area contributed by atoms with E-state index in [0.29, 0.717) is 16.0 Å². The van der Waals surface area contributed by atoms with Gasteiger partial charge in [0.1, 0.15) is 6.61 Å². The van der Waals surface area contributed by atoms with Gasteiger partial charge in [-0.1, -0.05) is 12.1 Å². The molecule has 0 fully saturated rings. The van der Waals surface area contributed by atoms with Crippen LogP contribution in [0.4, 0.5) is 14.7 Å². The number of methoxy groups -OCH3 is 2. The predicted octanol–water partition coefficient (Wildman–Crippen LogP) is 3.19. The van der Waals surface area contributed by atoms with E-state index in [9.17, 15) is 13.0 Å². The Hall–Kier alpha value is -3.91. The van der Waals surface area contributed by atoms with Gasteiger partial charge in [0.05, 0.1) is 36.5 Å². The normalized spacial score (nSPS) is 11.7. The lowest BCUT2D eigenvalue weighted by molar-refractivity contribution is 0.0781. The molecule has 35 heavy (non-hydrogen) atoms. The molecule has 0 aliphatic heterocycles. The van der Waals surface area contributed by atoms with Crippen LogP contribution in [0.5, 0.6) is 17.5 Å². The van der Waals surface area contributed by atoms with Crippen molar-refractivity contribution in [2.75, 3.05) is 25.5 Å². The molecule has 190 valence electrons. The quantitative estimate of drug-likeness (QED) is 0.346. The number of fused-ring (bicyclic) bond motifs is 1. The van der Waals surface area contributed by atoms with E-state index >= 15 is 0 Å². The standard InChI is InChI=1S/C21H20F2N6O4S.H2O.2H2/c1-11-4-5-12-14(9-26-17(12)16(11)13-8-24-6-7-25-13)34(30)29-21-27-19(31-2)18(20(28-21)32-3)33-10-15(22)23;;;/h4-9,15,26H,10H2,1-3H3,(H,27,28,29);1H2;2*1H. The minimum Gasteiger partial charge on any atom is -0.478 e. The number of nitrogens with zero attached hydrogens (tertiary/aromatic N) is 4. The van der Waals surface area contributed by atoms with Crippen molar-refractivity contribution in [1.82, 2.24) is 24.9 Å². The largest absolute Gasteiger partial charge is 0.478 e. The molecule has 0 aliphatic rings. The number of hydrogen-bond acceptors (Lipinski definition) is 8. The van der Waals surface area contributed by atoms with Gasteiger partial charge in [0, 0.05) is 32.4 Å². The van der Waals surface area contributed by atoms with Crippen LogP contribution in [-0.4, -0.2) is 61.9 Å². The summed E-state index contributed by atoms with van der Waals surface area (Å²) in [4.78, 5) is 20.3. The third-order valence-corrected chi connectivity index (χ3v) is 5.88. The molecule has 0 saturated carbocycles. The Morgan fingerprint density at radius 1 is 1.17 bits per heavy atom. The van der Waals surface area contributed by atoms with E-state index in [2.05, 4.69) is 29.6 Å². The number of aromatic amines is 1. The van der Waals surface area contributed by atoms with E-state index in [1.54, 1.807) is 24.8 Å². The molecule has 3 aromatic heterocycles. The summed E-state index contributed by atoms with van der Waals surface area (Å²) >= 11 is 0. The second-order valence-corrected chi connectivity index (χ2v) is 8.07. The van der Waals surface area contributed by atoms with Gasteiger partial charge < -0.3 is 24.7 Å². The molecule has 0 spiro atoms. The molecule has 0 radical (unpaired) electrons. The number of aromatic nitrogens is 5. The summed E-state index contributed by atoms with van der Waals surface area (Å²) in [5, 5.41) is 0.702. The predicted molar refractivity (Wildman–Crippen MR) is 129 cm³/mol. The fourth-order valence-electron chi connectivity index (χ4n) is 3.33. The molecular formula is C21H26F2N6O5S. The maximum Gasteiger partial charge on any atom is 0.272 e. The zero-order valence-electron chi connectivity index (χ0n) is 18.8. The number of halogens is 2. The third kappa shape index (κ3) is 5.27. The number of ether oxygens (including phenoxy) is 3. The zero-order valence-corrected chi connectivity index (χ0v) is 19.7. The summed E-state index contributed by atoms with van der Waals surface area (Å²) < 4.78 is 56.3. The zero-order chi connectivity index (χ0) is 24.2. The van der Waals surface area contributed by atoms with Crippen LogP contribution in [0, 0.1) is 6.92 Å². The summed E-state index contributed by atoms with van der Waals surface area (Å²) in [5.74, 6) is -0.581. The maximum absolute atomic E-state index is 13.2. The van der Waals surface area contributed by atoms with Crippen molar-refractivity contribution in [3.63, 3.8) is 0 Å². The van der Waals surface area contributed by atoms with Crippen molar-refractivity contribution in [2.45, 2.75) is 18.2 Å². The molecular weight excluding hydrogens is 486 g/mol. The molecule has 0 aliphatic carbocycles. The fourth-order valence-corrected chi connectivity index (χ4v) is 4.23. The van der Waals surface area contributed by atoms with Gasteiger partial charge in [-0.25, -0.2) is 13.0 Å². The lowest BCUT2D eigenvalue weighted by Crippen LogP contribution is -2.13. The molecule has 1 unspecified atom stereocenters. The van der Waals surface area contributed by atoms with Crippen molar-refractivity contribution < 1.29 is 35.5 Å². The fraction of sp³-hybridized carbons (Fsp3) is 0.238. The SMILES string of the molecule is COc1nc(NS(=O)c2c[nH]c3c(-c4cnccn4)c(C)ccc23)nc(OC)c1OCC(F)F.O.[HH].[HH]. The first-order chi connectivity index (χ1) is 16.4. The monoisotopic (exact) mass is 512 g/mol. The Kier molecular flexibility index (Phi) is 8.09. The summed E-state index contributed by atoms with van der Waals surface area (Å²) in [6.45, 7) is 1.06. The number of rotatable bonds is 9. The highest BCUT2D eigenvalue weighted by Gasteiger charge is 2.22. The highest BCUT2D eigenvalue weighted by molar-refractivity contribution is 7.86. The highest BCUT2D eigenvalue weighted by atomic mass is 32.2. The van der Waals surface area contributed by atoms with Crippen LogP contribution in [0.1, 0.15) is 8.42 Å². The molecule has 0 saturated heterocycles. The maximum atomic E-state index is 13.2. The molecule has 4 rings (SSSR count). The van der Waals surface area contributed by atoms with Gasteiger partial charge in [-0.15, -0.1) is 0 Å². The van der Waals surface area contributed by atoms with E-state index in [-0.39, 0.29) is 31.8 Å². The molecule has 4 N–H and O–H groups in total. The Labute approximate surface area is 203 Å². The second-order valence-electron chi connectivity index (χ2n) is 6.89. The van der Waals surface area contributed by atoms with Crippen LogP contribution in [0.2, 0.25) is 0 Å². The second kappa shape index (κ2) is 11.0. The van der Waals surface area contributed by atoms with Crippen molar-refractivity contribution in [2.24, 2.45) is 0 Å². The molecule has 4 aromatic rings. The third-order valence-electron chi connectivity index (χ3n) is 4.77. The minimum atomic E-state index is -2.71. The van der Waals surface area contributed by atoms with Gasteiger partial charge in [-0.05, 0) is 12.5 Å². The minimum absolute atomic E-state index is 0. The van der Waals surface area contributed by atoms with Crippen LogP contribution >= 0.6 is 0 Å².